The van der Waals surface area contributed by atoms with E-state index in [1.807, 2.05) is 24.3 Å². The van der Waals surface area contributed by atoms with Gasteiger partial charge in [0.05, 0.1) is 39.3 Å². The minimum atomic E-state index is -0.796. The Hall–Kier alpha value is -3.58. The van der Waals surface area contributed by atoms with Crippen LogP contribution < -0.4 is 14.7 Å². The van der Waals surface area contributed by atoms with Gasteiger partial charge in [-0.05, 0) is 49.4 Å². The number of quaternary nitrogens is 1. The van der Waals surface area contributed by atoms with Crippen molar-refractivity contribution in [1.29, 1.82) is 0 Å². The normalized spacial score (nSPS) is 16.3. The molecule has 1 aliphatic heterocycles. The van der Waals surface area contributed by atoms with E-state index in [9.17, 15) is 14.7 Å². The molecule has 7 heteroatoms. The van der Waals surface area contributed by atoms with Crippen LogP contribution in [0.1, 0.15) is 36.0 Å². The predicted molar refractivity (Wildman–Crippen MR) is 122 cm³/mol. The molecule has 0 fully saturated rings. The van der Waals surface area contributed by atoms with Crippen LogP contribution in [0.15, 0.2) is 70.3 Å². The molecule has 1 amide bonds. The van der Waals surface area contributed by atoms with Gasteiger partial charge >= 0.3 is 0 Å². The first-order valence-electron chi connectivity index (χ1n) is 11.2. The van der Waals surface area contributed by atoms with Crippen LogP contribution in [-0.4, -0.2) is 49.9 Å². The Morgan fingerprint density at radius 2 is 1.88 bits per heavy atom. The molecular formula is C26H28N2O5. The number of hydrogen-bond acceptors (Lipinski definition) is 5. The fraction of sp³-hybridized carbons (Fsp3) is 0.308. The smallest absolute Gasteiger partial charge is 0.240 e. The molecule has 172 valence electrons. The summed E-state index contributed by atoms with van der Waals surface area (Å²) >= 11 is 0. The molecule has 0 aliphatic carbocycles. The molecule has 4 rings (SSSR count). The molecule has 1 atom stereocenters. The van der Waals surface area contributed by atoms with Crippen LogP contribution in [0, 0.1) is 0 Å². The third-order valence-electron chi connectivity index (χ3n) is 6.29. The number of carbonyl (C=O) groups excluding carboxylic acids is 2. The number of benzene rings is 2. The van der Waals surface area contributed by atoms with Gasteiger partial charge in [0.2, 0.25) is 11.7 Å². The Bertz CT molecular complexity index is 1180. The van der Waals surface area contributed by atoms with Gasteiger partial charge in [-0.2, -0.15) is 0 Å². The molecule has 1 aromatic heterocycles. The Morgan fingerprint density at radius 1 is 1.12 bits per heavy atom. The first-order valence-corrected chi connectivity index (χ1v) is 11.2. The molecule has 1 aliphatic rings. The van der Waals surface area contributed by atoms with Crippen molar-refractivity contribution < 1.29 is 28.7 Å². The third-order valence-corrected chi connectivity index (χ3v) is 6.29. The van der Waals surface area contributed by atoms with Crippen LogP contribution >= 0.6 is 0 Å². The number of methoxy groups -OCH3 is 1. The van der Waals surface area contributed by atoms with Gasteiger partial charge in [0.15, 0.2) is 5.76 Å². The predicted octanol–water partition coefficient (Wildman–Crippen LogP) is 1.75. The number of nitrogens with zero attached hydrogens (tertiary/aromatic N) is 1. The third kappa shape index (κ3) is 4.24. The van der Waals surface area contributed by atoms with Crippen molar-refractivity contribution in [1.82, 2.24) is 4.90 Å². The zero-order valence-electron chi connectivity index (χ0n) is 19.1. The van der Waals surface area contributed by atoms with E-state index in [0.717, 1.165) is 18.5 Å². The summed E-state index contributed by atoms with van der Waals surface area (Å²) in [7, 11) is 1.55. The van der Waals surface area contributed by atoms with E-state index < -0.39 is 23.5 Å². The lowest BCUT2D eigenvalue weighted by Crippen LogP contribution is -3.12. The SMILES string of the molecule is CC[NH+](CC)CCN1C(=O)C([O-])=C(C(=O)c2cc3ccccc3o2)C1c1cccc(OC)c1. The molecule has 0 saturated carbocycles. The van der Waals surface area contributed by atoms with E-state index >= 15 is 0 Å². The van der Waals surface area contributed by atoms with Gasteiger partial charge in [-0.1, -0.05) is 30.3 Å². The summed E-state index contributed by atoms with van der Waals surface area (Å²) in [6.07, 6.45) is 0. The van der Waals surface area contributed by atoms with Gasteiger partial charge in [0.25, 0.3) is 0 Å². The molecule has 2 heterocycles. The molecular weight excluding hydrogens is 420 g/mol. The van der Waals surface area contributed by atoms with Gasteiger partial charge in [0, 0.05) is 11.0 Å². The standard InChI is InChI=1S/C26H28N2O5/c1-4-27(5-2)13-14-28-23(18-10-8-11-19(15-18)32-3)22(25(30)26(28)31)24(29)21-16-17-9-6-7-12-20(17)33-21/h6-12,15-16,23,30H,4-5,13-14H2,1-3H3. The summed E-state index contributed by atoms with van der Waals surface area (Å²) in [6.45, 7) is 7.02. The van der Waals surface area contributed by atoms with E-state index in [2.05, 4.69) is 13.8 Å². The highest BCUT2D eigenvalue weighted by atomic mass is 16.5. The van der Waals surface area contributed by atoms with Crippen molar-refractivity contribution in [2.75, 3.05) is 33.3 Å². The van der Waals surface area contributed by atoms with Crippen molar-refractivity contribution in [2.24, 2.45) is 0 Å². The molecule has 3 aromatic rings. The van der Waals surface area contributed by atoms with Crippen LogP contribution in [0.2, 0.25) is 0 Å². The minimum Gasteiger partial charge on any atom is -0.868 e. The first-order chi connectivity index (χ1) is 16.0. The molecule has 2 aromatic carbocycles. The highest BCUT2D eigenvalue weighted by molar-refractivity contribution is 6.15. The van der Waals surface area contributed by atoms with Gasteiger partial charge in [0.1, 0.15) is 11.3 Å². The maximum Gasteiger partial charge on any atom is 0.240 e. The molecule has 0 saturated heterocycles. The van der Waals surface area contributed by atoms with Crippen LogP contribution in [0.25, 0.3) is 11.0 Å². The highest BCUT2D eigenvalue weighted by Crippen LogP contribution is 2.39. The van der Waals surface area contributed by atoms with E-state index in [-0.39, 0.29) is 11.3 Å². The summed E-state index contributed by atoms with van der Waals surface area (Å²) in [5.74, 6) is -1.35. The topological polar surface area (TPSA) is 87.2 Å². The number of furan rings is 1. The molecule has 7 nitrogen and oxygen atoms in total. The number of ether oxygens (including phenoxy) is 1. The second kappa shape index (κ2) is 9.50. The lowest BCUT2D eigenvalue weighted by Gasteiger charge is -2.29. The quantitative estimate of drug-likeness (QED) is 0.504. The van der Waals surface area contributed by atoms with Gasteiger partial charge < -0.3 is 24.1 Å². The zero-order chi connectivity index (χ0) is 23.5. The minimum absolute atomic E-state index is 0.0523. The lowest BCUT2D eigenvalue weighted by atomic mass is 9.95. The molecule has 33 heavy (non-hydrogen) atoms. The maximum atomic E-state index is 13.5. The summed E-state index contributed by atoms with van der Waals surface area (Å²) in [5.41, 5.74) is 1.13. The Labute approximate surface area is 192 Å². The van der Waals surface area contributed by atoms with Crippen LogP contribution in [0.3, 0.4) is 0 Å². The summed E-state index contributed by atoms with van der Waals surface area (Å²) in [4.78, 5) is 29.4. The number of rotatable bonds is 9. The lowest BCUT2D eigenvalue weighted by molar-refractivity contribution is -0.895. The largest absolute Gasteiger partial charge is 0.868 e. The van der Waals surface area contributed by atoms with Crippen LogP contribution in [0.5, 0.6) is 5.75 Å². The number of ketones is 1. The summed E-state index contributed by atoms with van der Waals surface area (Å²) < 4.78 is 11.1. The van der Waals surface area contributed by atoms with Gasteiger partial charge in [-0.25, -0.2) is 0 Å². The number of nitrogens with one attached hydrogen (secondary N) is 1. The van der Waals surface area contributed by atoms with Crippen LogP contribution in [-0.2, 0) is 4.79 Å². The Balaban J connectivity index is 1.76. The second-order valence-corrected chi connectivity index (χ2v) is 8.11. The van der Waals surface area contributed by atoms with Gasteiger partial charge in [-0.15, -0.1) is 0 Å². The van der Waals surface area contributed by atoms with Crippen molar-refractivity contribution >= 4 is 22.7 Å². The first kappa shape index (κ1) is 22.6. The van der Waals surface area contributed by atoms with E-state index in [0.29, 0.717) is 30.0 Å². The number of fused-ring (bicyclic) bond motifs is 1. The zero-order valence-corrected chi connectivity index (χ0v) is 19.1. The molecule has 0 radical (unpaired) electrons. The van der Waals surface area contributed by atoms with E-state index in [4.69, 9.17) is 9.15 Å². The van der Waals surface area contributed by atoms with Crippen molar-refractivity contribution in [3.8, 4) is 5.75 Å². The fourth-order valence-electron chi connectivity index (χ4n) is 4.37. The van der Waals surface area contributed by atoms with E-state index in [1.54, 1.807) is 37.4 Å². The Morgan fingerprint density at radius 3 is 2.58 bits per heavy atom. The number of likely N-dealkylation sites (N-methyl/N-ethyl adjacent to an activating group) is 1. The fourth-order valence-corrected chi connectivity index (χ4v) is 4.37. The summed E-state index contributed by atoms with van der Waals surface area (Å²) in [5, 5.41) is 13.9. The number of Topliss-reactive ketones (excluding diaryl/α,β-unsaturated/α-hetero) is 1. The summed E-state index contributed by atoms with van der Waals surface area (Å²) in [6, 6.07) is 15.2. The van der Waals surface area contributed by atoms with Crippen LogP contribution in [0.4, 0.5) is 0 Å². The number of para-hydroxylation sites is 1. The average molecular weight is 449 g/mol. The molecule has 1 unspecified atom stereocenters. The van der Waals surface area contributed by atoms with Gasteiger partial charge in [-0.3, -0.25) is 9.59 Å². The maximum absolute atomic E-state index is 13.5. The number of amides is 1. The number of hydrogen-bond donors (Lipinski definition) is 1. The highest BCUT2D eigenvalue weighted by Gasteiger charge is 2.40. The van der Waals surface area contributed by atoms with Crippen molar-refractivity contribution in [3.63, 3.8) is 0 Å². The molecule has 0 spiro atoms. The second-order valence-electron chi connectivity index (χ2n) is 8.11. The molecule has 0 bridgehead atoms. The Kier molecular flexibility index (Phi) is 6.51. The van der Waals surface area contributed by atoms with Crippen molar-refractivity contribution in [3.05, 3.63) is 77.3 Å². The molecule has 1 N–H and O–H groups in total. The van der Waals surface area contributed by atoms with Crippen molar-refractivity contribution in [2.45, 2.75) is 19.9 Å². The average Bonchev–Trinajstić information content (AvgIpc) is 3.39. The number of carbonyl (C=O) groups is 2. The monoisotopic (exact) mass is 448 g/mol. The van der Waals surface area contributed by atoms with E-state index in [1.165, 1.54) is 9.80 Å².